The Morgan fingerprint density at radius 3 is 2.74 bits per heavy atom. The number of carbonyl (C=O) groups excluding carboxylic acids is 1. The highest BCUT2D eigenvalue weighted by molar-refractivity contribution is 7.80. The third-order valence-corrected chi connectivity index (χ3v) is 4.74. The van der Waals surface area contributed by atoms with Crippen LogP contribution in [0, 0.1) is 0 Å². The fraction of sp³-hybridized carbons (Fsp3) is 0.333. The number of nitrogens with one attached hydrogen (secondary N) is 2. The van der Waals surface area contributed by atoms with Crippen molar-refractivity contribution in [1.29, 1.82) is 0 Å². The first-order chi connectivity index (χ1) is 13.2. The lowest BCUT2D eigenvalue weighted by Gasteiger charge is -2.19. The fourth-order valence-corrected chi connectivity index (χ4v) is 3.33. The van der Waals surface area contributed by atoms with E-state index in [1.165, 1.54) is 0 Å². The smallest absolute Gasteiger partial charge is 0.222 e. The van der Waals surface area contributed by atoms with Gasteiger partial charge in [0, 0.05) is 37.8 Å². The number of hydrogen-bond acceptors (Lipinski definition) is 3. The van der Waals surface area contributed by atoms with Gasteiger partial charge in [-0.15, -0.1) is 0 Å². The summed E-state index contributed by atoms with van der Waals surface area (Å²) in [6, 6.07) is 15.9. The number of hydrogen-bond donors (Lipinski definition) is 2. The Labute approximate surface area is 165 Å². The Balaban J connectivity index is 1.57. The first kappa shape index (κ1) is 19.2. The van der Waals surface area contributed by atoms with E-state index in [9.17, 15) is 4.79 Å². The second-order valence-corrected chi connectivity index (χ2v) is 6.86. The summed E-state index contributed by atoms with van der Waals surface area (Å²) in [7, 11) is 0. The van der Waals surface area contributed by atoms with Crippen LogP contribution in [0.1, 0.15) is 30.9 Å². The highest BCUT2D eigenvalue weighted by atomic mass is 32.1. The predicted octanol–water partition coefficient (Wildman–Crippen LogP) is 3.69. The van der Waals surface area contributed by atoms with Crippen LogP contribution in [0.15, 0.2) is 48.5 Å². The highest BCUT2D eigenvalue weighted by Gasteiger charge is 2.20. The maximum Gasteiger partial charge on any atom is 0.222 e. The molecule has 0 unspecified atom stereocenters. The maximum absolute atomic E-state index is 11.9. The number of rotatable bonds is 7. The Bertz CT molecular complexity index is 810. The molecular weight excluding hydrogens is 358 g/mol. The Kier molecular flexibility index (Phi) is 6.65. The van der Waals surface area contributed by atoms with E-state index in [2.05, 4.69) is 22.8 Å². The van der Waals surface area contributed by atoms with Gasteiger partial charge in [-0.3, -0.25) is 4.79 Å². The summed E-state index contributed by atoms with van der Waals surface area (Å²) >= 11 is 5.42. The van der Waals surface area contributed by atoms with Crippen molar-refractivity contribution in [3.63, 3.8) is 0 Å². The Hall–Kier alpha value is -2.60. The lowest BCUT2D eigenvalue weighted by molar-refractivity contribution is -0.128. The molecule has 1 fully saturated rings. The zero-order chi connectivity index (χ0) is 19.1. The van der Waals surface area contributed by atoms with Crippen molar-refractivity contribution in [2.24, 2.45) is 0 Å². The van der Waals surface area contributed by atoms with E-state index >= 15 is 0 Å². The molecule has 0 spiro atoms. The van der Waals surface area contributed by atoms with Crippen molar-refractivity contribution in [3.8, 4) is 5.75 Å². The minimum absolute atomic E-state index is 0.240. The maximum atomic E-state index is 11.9. The van der Waals surface area contributed by atoms with E-state index in [0.29, 0.717) is 31.2 Å². The fourth-order valence-electron chi connectivity index (χ4n) is 3.14. The van der Waals surface area contributed by atoms with E-state index in [0.717, 1.165) is 35.5 Å². The third-order valence-electron chi connectivity index (χ3n) is 4.49. The zero-order valence-electron chi connectivity index (χ0n) is 15.5. The lowest BCUT2D eigenvalue weighted by Crippen LogP contribution is -2.29. The Morgan fingerprint density at radius 1 is 1.19 bits per heavy atom. The molecule has 1 aliphatic rings. The van der Waals surface area contributed by atoms with Crippen molar-refractivity contribution in [2.45, 2.75) is 32.9 Å². The molecule has 0 atom stereocenters. The molecule has 142 valence electrons. The largest absolute Gasteiger partial charge is 0.494 e. The van der Waals surface area contributed by atoms with Gasteiger partial charge >= 0.3 is 0 Å². The molecule has 1 aliphatic heterocycles. The number of thiocarbonyl (C=S) groups is 1. The molecule has 1 amide bonds. The number of carbonyl (C=O) groups is 1. The van der Waals surface area contributed by atoms with Gasteiger partial charge in [0.25, 0.3) is 0 Å². The van der Waals surface area contributed by atoms with Crippen LogP contribution >= 0.6 is 12.2 Å². The molecule has 2 aromatic carbocycles. The van der Waals surface area contributed by atoms with E-state index in [1.807, 2.05) is 48.2 Å². The average molecular weight is 384 g/mol. The lowest BCUT2D eigenvalue weighted by atomic mass is 10.1. The van der Waals surface area contributed by atoms with Gasteiger partial charge in [0.15, 0.2) is 5.11 Å². The zero-order valence-corrected chi connectivity index (χ0v) is 16.3. The summed E-state index contributed by atoms with van der Waals surface area (Å²) in [5.41, 5.74) is 3.18. The topological polar surface area (TPSA) is 53.6 Å². The first-order valence-corrected chi connectivity index (χ1v) is 9.69. The summed E-state index contributed by atoms with van der Waals surface area (Å²) in [4.78, 5) is 13.8. The van der Waals surface area contributed by atoms with Crippen molar-refractivity contribution >= 4 is 28.9 Å². The van der Waals surface area contributed by atoms with E-state index in [1.54, 1.807) is 0 Å². The number of likely N-dealkylation sites (tertiary alicyclic amines) is 1. The molecule has 1 heterocycles. The summed E-state index contributed by atoms with van der Waals surface area (Å²) < 4.78 is 5.51. The van der Waals surface area contributed by atoms with Crippen LogP contribution in [0.3, 0.4) is 0 Å². The standard InChI is InChI=1S/C21H25N3O2S/c1-2-26-19-10-5-9-18(13-19)23-21(27)22-14-16-7-3-4-8-17(16)15-24-12-6-11-20(24)25/h3-5,7-10,13H,2,6,11-12,14-15H2,1H3,(H2,22,23,27). The highest BCUT2D eigenvalue weighted by Crippen LogP contribution is 2.18. The van der Waals surface area contributed by atoms with Gasteiger partial charge in [0.1, 0.15) is 5.75 Å². The third kappa shape index (κ3) is 5.44. The number of nitrogens with zero attached hydrogens (tertiary/aromatic N) is 1. The van der Waals surface area contributed by atoms with Gasteiger partial charge in [-0.1, -0.05) is 30.3 Å². The average Bonchev–Trinajstić information content (AvgIpc) is 3.06. The summed E-state index contributed by atoms with van der Waals surface area (Å²) in [5, 5.41) is 6.99. The Morgan fingerprint density at radius 2 is 2.00 bits per heavy atom. The summed E-state index contributed by atoms with van der Waals surface area (Å²) in [6.45, 7) is 4.70. The molecule has 0 radical (unpaired) electrons. The van der Waals surface area contributed by atoms with Gasteiger partial charge < -0.3 is 20.3 Å². The van der Waals surface area contributed by atoms with Crippen LogP contribution in [-0.4, -0.2) is 29.1 Å². The molecule has 6 heteroatoms. The summed E-state index contributed by atoms with van der Waals surface area (Å²) in [5.74, 6) is 1.05. The van der Waals surface area contributed by atoms with Gasteiger partial charge in [0.2, 0.25) is 5.91 Å². The van der Waals surface area contributed by atoms with Crippen molar-refractivity contribution in [3.05, 3.63) is 59.7 Å². The monoisotopic (exact) mass is 383 g/mol. The minimum Gasteiger partial charge on any atom is -0.494 e. The molecule has 27 heavy (non-hydrogen) atoms. The molecule has 5 nitrogen and oxygen atoms in total. The molecule has 0 aromatic heterocycles. The van der Waals surface area contributed by atoms with Gasteiger partial charge in [-0.25, -0.2) is 0 Å². The molecule has 2 aromatic rings. The minimum atomic E-state index is 0.240. The van der Waals surface area contributed by atoms with Gasteiger partial charge in [-0.05, 0) is 48.8 Å². The van der Waals surface area contributed by atoms with Crippen LogP contribution in [0.5, 0.6) is 5.75 Å². The van der Waals surface area contributed by atoms with Crippen LogP contribution in [0.2, 0.25) is 0 Å². The summed E-state index contributed by atoms with van der Waals surface area (Å²) in [6.07, 6.45) is 1.61. The number of benzene rings is 2. The van der Waals surface area contributed by atoms with Crippen LogP contribution in [0.25, 0.3) is 0 Å². The molecule has 2 N–H and O–H groups in total. The van der Waals surface area contributed by atoms with E-state index < -0.39 is 0 Å². The first-order valence-electron chi connectivity index (χ1n) is 9.28. The molecule has 0 aliphatic carbocycles. The molecule has 1 saturated heterocycles. The van der Waals surface area contributed by atoms with Crippen molar-refractivity contribution in [1.82, 2.24) is 10.2 Å². The van der Waals surface area contributed by atoms with Crippen LogP contribution < -0.4 is 15.4 Å². The van der Waals surface area contributed by atoms with Crippen molar-refractivity contribution < 1.29 is 9.53 Å². The number of anilines is 1. The number of amides is 1. The molecule has 0 bridgehead atoms. The van der Waals surface area contributed by atoms with E-state index in [-0.39, 0.29) is 5.91 Å². The quantitative estimate of drug-likeness (QED) is 0.714. The predicted molar refractivity (Wildman–Crippen MR) is 112 cm³/mol. The second-order valence-electron chi connectivity index (χ2n) is 6.46. The SMILES string of the molecule is CCOc1cccc(NC(=S)NCc2ccccc2CN2CCCC2=O)c1. The van der Waals surface area contributed by atoms with Gasteiger partial charge in [0.05, 0.1) is 6.61 Å². The van der Waals surface area contributed by atoms with Crippen LogP contribution in [0.4, 0.5) is 5.69 Å². The van der Waals surface area contributed by atoms with E-state index in [4.69, 9.17) is 17.0 Å². The van der Waals surface area contributed by atoms with Crippen LogP contribution in [-0.2, 0) is 17.9 Å². The normalized spacial score (nSPS) is 13.5. The van der Waals surface area contributed by atoms with Gasteiger partial charge in [-0.2, -0.15) is 0 Å². The molecule has 0 saturated carbocycles. The molecular formula is C21H25N3O2S. The van der Waals surface area contributed by atoms with Crippen molar-refractivity contribution in [2.75, 3.05) is 18.5 Å². The second kappa shape index (κ2) is 9.37. The molecule has 3 rings (SSSR count). The number of ether oxygens (including phenoxy) is 1.